The molecule has 1 N–H and O–H groups in total. The monoisotopic (exact) mass is 182 g/mol. The van der Waals surface area contributed by atoms with Crippen LogP contribution in [0.1, 0.15) is 18.0 Å². The zero-order valence-electron chi connectivity index (χ0n) is 8.58. The molecule has 3 heteroatoms. The SMILES string of the molecule is CNC(CCN(C)C)c1ccoc1. The molecule has 1 aromatic rings. The molecule has 0 aliphatic heterocycles. The van der Waals surface area contributed by atoms with E-state index in [4.69, 9.17) is 4.42 Å². The fourth-order valence-electron chi connectivity index (χ4n) is 1.34. The standard InChI is InChI=1S/C10H18N2O/c1-11-10(4-6-12(2)3)9-5-7-13-8-9/h5,7-8,10-11H,4,6H2,1-3H3. The minimum Gasteiger partial charge on any atom is -0.472 e. The Morgan fingerprint density at radius 3 is 2.77 bits per heavy atom. The first kappa shape index (κ1) is 10.3. The van der Waals surface area contributed by atoms with Crippen molar-refractivity contribution in [1.82, 2.24) is 10.2 Å². The van der Waals surface area contributed by atoms with Gasteiger partial charge in [0.15, 0.2) is 0 Å². The van der Waals surface area contributed by atoms with Crippen molar-refractivity contribution in [1.29, 1.82) is 0 Å². The summed E-state index contributed by atoms with van der Waals surface area (Å²) >= 11 is 0. The molecular formula is C10H18N2O. The lowest BCUT2D eigenvalue weighted by Crippen LogP contribution is -2.22. The first-order valence-corrected chi connectivity index (χ1v) is 4.58. The number of nitrogens with zero attached hydrogens (tertiary/aromatic N) is 1. The second-order valence-electron chi connectivity index (χ2n) is 3.49. The molecule has 1 atom stereocenters. The van der Waals surface area contributed by atoms with Crippen LogP contribution in [0, 0.1) is 0 Å². The lowest BCUT2D eigenvalue weighted by atomic mass is 10.1. The van der Waals surface area contributed by atoms with Gasteiger partial charge in [-0.1, -0.05) is 0 Å². The van der Waals surface area contributed by atoms with Gasteiger partial charge in [-0.25, -0.2) is 0 Å². The zero-order chi connectivity index (χ0) is 9.68. The van der Waals surface area contributed by atoms with E-state index in [0.29, 0.717) is 6.04 Å². The lowest BCUT2D eigenvalue weighted by Gasteiger charge is -2.17. The van der Waals surface area contributed by atoms with Crippen molar-refractivity contribution in [2.75, 3.05) is 27.7 Å². The van der Waals surface area contributed by atoms with Crippen LogP contribution in [0.5, 0.6) is 0 Å². The molecule has 0 aromatic carbocycles. The van der Waals surface area contributed by atoms with Crippen LogP contribution in [-0.4, -0.2) is 32.6 Å². The van der Waals surface area contributed by atoms with Crippen LogP contribution in [-0.2, 0) is 0 Å². The van der Waals surface area contributed by atoms with E-state index >= 15 is 0 Å². The van der Waals surface area contributed by atoms with E-state index in [0.717, 1.165) is 13.0 Å². The highest BCUT2D eigenvalue weighted by atomic mass is 16.3. The molecule has 1 unspecified atom stereocenters. The smallest absolute Gasteiger partial charge is 0.0950 e. The average Bonchev–Trinajstić information content (AvgIpc) is 2.58. The molecular weight excluding hydrogens is 164 g/mol. The van der Waals surface area contributed by atoms with E-state index in [9.17, 15) is 0 Å². The molecule has 0 saturated carbocycles. The number of rotatable bonds is 5. The summed E-state index contributed by atoms with van der Waals surface area (Å²) in [5.41, 5.74) is 1.23. The molecule has 0 fully saturated rings. The highest BCUT2D eigenvalue weighted by Gasteiger charge is 2.09. The van der Waals surface area contributed by atoms with Gasteiger partial charge < -0.3 is 14.6 Å². The summed E-state index contributed by atoms with van der Waals surface area (Å²) in [6, 6.07) is 2.41. The quantitative estimate of drug-likeness (QED) is 0.748. The number of hydrogen-bond acceptors (Lipinski definition) is 3. The minimum absolute atomic E-state index is 0.404. The topological polar surface area (TPSA) is 28.4 Å². The van der Waals surface area contributed by atoms with Crippen molar-refractivity contribution >= 4 is 0 Å². The maximum Gasteiger partial charge on any atom is 0.0950 e. The number of hydrogen-bond donors (Lipinski definition) is 1. The predicted molar refractivity (Wildman–Crippen MR) is 53.7 cm³/mol. The van der Waals surface area contributed by atoms with Gasteiger partial charge in [0.1, 0.15) is 0 Å². The first-order chi connectivity index (χ1) is 6.24. The summed E-state index contributed by atoms with van der Waals surface area (Å²) in [6.07, 6.45) is 4.62. The molecule has 0 saturated heterocycles. The summed E-state index contributed by atoms with van der Waals surface area (Å²) in [7, 11) is 6.15. The normalized spacial score (nSPS) is 13.5. The van der Waals surface area contributed by atoms with Crippen LogP contribution in [0.15, 0.2) is 23.0 Å². The van der Waals surface area contributed by atoms with Crippen LogP contribution in [0.4, 0.5) is 0 Å². The number of nitrogens with one attached hydrogen (secondary N) is 1. The summed E-state index contributed by atoms with van der Waals surface area (Å²) in [6.45, 7) is 1.08. The molecule has 0 radical (unpaired) electrons. The van der Waals surface area contributed by atoms with Gasteiger partial charge in [0.25, 0.3) is 0 Å². The molecule has 1 heterocycles. The highest BCUT2D eigenvalue weighted by Crippen LogP contribution is 2.16. The summed E-state index contributed by atoms with van der Waals surface area (Å²) in [5.74, 6) is 0. The molecule has 0 amide bonds. The van der Waals surface area contributed by atoms with Crippen molar-refractivity contribution in [3.8, 4) is 0 Å². The van der Waals surface area contributed by atoms with Crippen molar-refractivity contribution in [3.63, 3.8) is 0 Å². The Hall–Kier alpha value is -0.800. The van der Waals surface area contributed by atoms with E-state index in [1.54, 1.807) is 12.5 Å². The second-order valence-corrected chi connectivity index (χ2v) is 3.49. The summed E-state index contributed by atoms with van der Waals surface area (Å²) in [5, 5.41) is 3.27. The summed E-state index contributed by atoms with van der Waals surface area (Å²) < 4.78 is 5.05. The van der Waals surface area contributed by atoms with Gasteiger partial charge in [0.2, 0.25) is 0 Å². The van der Waals surface area contributed by atoms with Gasteiger partial charge in [-0.05, 0) is 40.2 Å². The van der Waals surface area contributed by atoms with Crippen molar-refractivity contribution in [3.05, 3.63) is 24.2 Å². The van der Waals surface area contributed by atoms with Crippen LogP contribution in [0.2, 0.25) is 0 Å². The molecule has 1 rings (SSSR count). The molecule has 0 aliphatic rings. The van der Waals surface area contributed by atoms with E-state index in [2.05, 4.69) is 24.3 Å². The minimum atomic E-state index is 0.404. The molecule has 3 nitrogen and oxygen atoms in total. The van der Waals surface area contributed by atoms with Crippen LogP contribution in [0.25, 0.3) is 0 Å². The summed E-state index contributed by atoms with van der Waals surface area (Å²) in [4.78, 5) is 2.18. The Bertz CT molecular complexity index is 219. The average molecular weight is 182 g/mol. The zero-order valence-corrected chi connectivity index (χ0v) is 8.58. The molecule has 1 aromatic heterocycles. The van der Waals surface area contributed by atoms with Crippen LogP contribution in [0.3, 0.4) is 0 Å². The third-order valence-electron chi connectivity index (χ3n) is 2.16. The fraction of sp³-hybridized carbons (Fsp3) is 0.600. The van der Waals surface area contributed by atoms with Gasteiger partial charge in [-0.15, -0.1) is 0 Å². The van der Waals surface area contributed by atoms with E-state index in [1.165, 1.54) is 5.56 Å². The Labute approximate surface area is 79.7 Å². The maximum absolute atomic E-state index is 5.05. The Balaban J connectivity index is 2.44. The Morgan fingerprint density at radius 1 is 1.54 bits per heavy atom. The number of furan rings is 1. The van der Waals surface area contributed by atoms with E-state index in [1.807, 2.05) is 13.1 Å². The molecule has 0 spiro atoms. The van der Waals surface area contributed by atoms with Crippen LogP contribution >= 0.6 is 0 Å². The van der Waals surface area contributed by atoms with Crippen molar-refractivity contribution < 1.29 is 4.42 Å². The van der Waals surface area contributed by atoms with E-state index in [-0.39, 0.29) is 0 Å². The predicted octanol–water partition coefficient (Wildman–Crippen LogP) is 1.49. The van der Waals surface area contributed by atoms with Gasteiger partial charge in [-0.3, -0.25) is 0 Å². The van der Waals surface area contributed by atoms with Crippen molar-refractivity contribution in [2.45, 2.75) is 12.5 Å². The molecule has 0 bridgehead atoms. The Kier molecular flexibility index (Phi) is 3.99. The Morgan fingerprint density at radius 2 is 2.31 bits per heavy atom. The molecule has 74 valence electrons. The first-order valence-electron chi connectivity index (χ1n) is 4.58. The largest absolute Gasteiger partial charge is 0.472 e. The highest BCUT2D eigenvalue weighted by molar-refractivity contribution is 5.11. The fourth-order valence-corrected chi connectivity index (χ4v) is 1.34. The second kappa shape index (κ2) is 5.04. The lowest BCUT2D eigenvalue weighted by molar-refractivity contribution is 0.367. The van der Waals surface area contributed by atoms with Gasteiger partial charge in [0.05, 0.1) is 12.5 Å². The third-order valence-corrected chi connectivity index (χ3v) is 2.16. The third kappa shape index (κ3) is 3.20. The molecule has 0 aliphatic carbocycles. The van der Waals surface area contributed by atoms with Crippen molar-refractivity contribution in [2.24, 2.45) is 0 Å². The van der Waals surface area contributed by atoms with Gasteiger partial charge in [-0.2, -0.15) is 0 Å². The van der Waals surface area contributed by atoms with Crippen LogP contribution < -0.4 is 5.32 Å². The van der Waals surface area contributed by atoms with Gasteiger partial charge >= 0.3 is 0 Å². The molecule has 13 heavy (non-hydrogen) atoms. The van der Waals surface area contributed by atoms with E-state index < -0.39 is 0 Å². The maximum atomic E-state index is 5.05. The van der Waals surface area contributed by atoms with Gasteiger partial charge in [0, 0.05) is 11.6 Å².